The standard InChI is InChI=1S/C13H28N2/c1-7-11(8-2)10-15(9-3)12(14)13(4,5)6/h11,14H,7-10H2,1-6H3. The summed E-state index contributed by atoms with van der Waals surface area (Å²) in [7, 11) is 0. The Morgan fingerprint density at radius 3 is 1.87 bits per heavy atom. The Balaban J connectivity index is 4.43. The molecule has 0 spiro atoms. The van der Waals surface area contributed by atoms with Crippen molar-refractivity contribution in [1.29, 1.82) is 5.41 Å². The van der Waals surface area contributed by atoms with Gasteiger partial charge in [0.15, 0.2) is 0 Å². The van der Waals surface area contributed by atoms with Gasteiger partial charge >= 0.3 is 0 Å². The van der Waals surface area contributed by atoms with Gasteiger partial charge < -0.3 is 4.90 Å². The van der Waals surface area contributed by atoms with Gasteiger partial charge in [-0.05, 0) is 12.8 Å². The monoisotopic (exact) mass is 212 g/mol. The summed E-state index contributed by atoms with van der Waals surface area (Å²) in [6.45, 7) is 15.0. The van der Waals surface area contributed by atoms with Gasteiger partial charge in [0.05, 0.1) is 0 Å². The van der Waals surface area contributed by atoms with Gasteiger partial charge in [-0.1, -0.05) is 47.5 Å². The molecule has 1 N–H and O–H groups in total. The van der Waals surface area contributed by atoms with Gasteiger partial charge in [0, 0.05) is 18.5 Å². The van der Waals surface area contributed by atoms with Gasteiger partial charge in [-0.3, -0.25) is 5.41 Å². The van der Waals surface area contributed by atoms with E-state index in [-0.39, 0.29) is 5.41 Å². The van der Waals surface area contributed by atoms with E-state index in [1.807, 2.05) is 0 Å². The molecule has 0 aromatic heterocycles. The van der Waals surface area contributed by atoms with Crippen molar-refractivity contribution < 1.29 is 0 Å². The zero-order valence-corrected chi connectivity index (χ0v) is 11.4. The second-order valence-electron chi connectivity index (χ2n) is 5.32. The van der Waals surface area contributed by atoms with Crippen molar-refractivity contribution in [2.24, 2.45) is 11.3 Å². The molecular formula is C13H28N2. The fraction of sp³-hybridized carbons (Fsp3) is 0.923. The minimum atomic E-state index is -0.0258. The van der Waals surface area contributed by atoms with Gasteiger partial charge in [0.2, 0.25) is 0 Å². The second kappa shape index (κ2) is 6.14. The molecule has 0 aliphatic rings. The summed E-state index contributed by atoms with van der Waals surface area (Å²) in [5.74, 6) is 1.50. The number of nitrogens with one attached hydrogen (secondary N) is 1. The van der Waals surface area contributed by atoms with Crippen LogP contribution in [0.15, 0.2) is 0 Å². The third kappa shape index (κ3) is 4.67. The molecule has 2 heteroatoms. The SMILES string of the molecule is CCC(CC)CN(CC)C(=N)C(C)(C)C. The van der Waals surface area contributed by atoms with Crippen LogP contribution in [0.1, 0.15) is 54.4 Å². The number of nitrogens with zero attached hydrogens (tertiary/aromatic N) is 1. The van der Waals surface area contributed by atoms with E-state index in [0.717, 1.165) is 24.8 Å². The number of hydrogen-bond donors (Lipinski definition) is 1. The van der Waals surface area contributed by atoms with Crippen LogP contribution in [0, 0.1) is 16.7 Å². The fourth-order valence-corrected chi connectivity index (χ4v) is 1.71. The van der Waals surface area contributed by atoms with Gasteiger partial charge in [-0.25, -0.2) is 0 Å². The number of rotatable bonds is 5. The molecular weight excluding hydrogens is 184 g/mol. The maximum absolute atomic E-state index is 8.17. The van der Waals surface area contributed by atoms with Crippen molar-refractivity contribution in [2.45, 2.75) is 54.4 Å². The van der Waals surface area contributed by atoms with E-state index in [9.17, 15) is 0 Å². The van der Waals surface area contributed by atoms with Crippen molar-refractivity contribution in [3.8, 4) is 0 Å². The Kier molecular flexibility index (Phi) is 5.92. The highest BCUT2D eigenvalue weighted by atomic mass is 15.2. The molecule has 0 aromatic rings. The highest BCUT2D eigenvalue weighted by molar-refractivity contribution is 5.84. The first-order valence-electron chi connectivity index (χ1n) is 6.20. The first kappa shape index (κ1) is 14.5. The predicted molar refractivity (Wildman–Crippen MR) is 68.5 cm³/mol. The molecule has 0 rings (SSSR count). The van der Waals surface area contributed by atoms with E-state index < -0.39 is 0 Å². The van der Waals surface area contributed by atoms with E-state index in [0.29, 0.717) is 0 Å². The minimum absolute atomic E-state index is 0.0258. The molecule has 0 bridgehead atoms. The summed E-state index contributed by atoms with van der Waals surface area (Å²) in [4.78, 5) is 2.22. The Hall–Kier alpha value is -0.530. The lowest BCUT2D eigenvalue weighted by Crippen LogP contribution is -2.41. The molecule has 0 saturated heterocycles. The van der Waals surface area contributed by atoms with Crippen LogP contribution in [0.4, 0.5) is 0 Å². The molecule has 0 aromatic carbocycles. The van der Waals surface area contributed by atoms with Crippen molar-refractivity contribution in [1.82, 2.24) is 4.90 Å². The van der Waals surface area contributed by atoms with Crippen molar-refractivity contribution in [2.75, 3.05) is 13.1 Å². The minimum Gasteiger partial charge on any atom is -0.360 e. The zero-order chi connectivity index (χ0) is 12.1. The van der Waals surface area contributed by atoms with Gasteiger partial charge in [0.25, 0.3) is 0 Å². The van der Waals surface area contributed by atoms with Crippen LogP contribution in [0.25, 0.3) is 0 Å². The van der Waals surface area contributed by atoms with E-state index in [1.165, 1.54) is 12.8 Å². The Morgan fingerprint density at radius 2 is 1.60 bits per heavy atom. The molecule has 0 unspecified atom stereocenters. The molecule has 0 amide bonds. The molecule has 0 radical (unpaired) electrons. The van der Waals surface area contributed by atoms with Crippen LogP contribution in [0.3, 0.4) is 0 Å². The molecule has 0 aliphatic heterocycles. The predicted octanol–water partition coefficient (Wildman–Crippen LogP) is 3.77. The number of amidine groups is 1. The zero-order valence-electron chi connectivity index (χ0n) is 11.4. The summed E-state index contributed by atoms with van der Waals surface area (Å²) in [6, 6.07) is 0. The number of hydrogen-bond acceptors (Lipinski definition) is 1. The summed E-state index contributed by atoms with van der Waals surface area (Å²) >= 11 is 0. The largest absolute Gasteiger partial charge is 0.360 e. The van der Waals surface area contributed by atoms with Crippen LogP contribution < -0.4 is 0 Å². The maximum atomic E-state index is 8.17. The lowest BCUT2D eigenvalue weighted by atomic mass is 9.93. The molecule has 0 heterocycles. The third-order valence-electron chi connectivity index (χ3n) is 3.04. The summed E-state index contributed by atoms with van der Waals surface area (Å²) in [5, 5.41) is 8.17. The van der Waals surface area contributed by atoms with Crippen molar-refractivity contribution >= 4 is 5.84 Å². The average molecular weight is 212 g/mol. The Labute approximate surface area is 95.6 Å². The molecule has 0 saturated carbocycles. The molecule has 15 heavy (non-hydrogen) atoms. The van der Waals surface area contributed by atoms with Crippen molar-refractivity contribution in [3.05, 3.63) is 0 Å². The quantitative estimate of drug-likeness (QED) is 0.545. The lowest BCUT2D eigenvalue weighted by molar-refractivity contribution is 0.307. The molecule has 0 aliphatic carbocycles. The Morgan fingerprint density at radius 1 is 1.13 bits per heavy atom. The fourth-order valence-electron chi connectivity index (χ4n) is 1.71. The van der Waals surface area contributed by atoms with Crippen LogP contribution in [0.2, 0.25) is 0 Å². The molecule has 2 nitrogen and oxygen atoms in total. The van der Waals surface area contributed by atoms with Crippen molar-refractivity contribution in [3.63, 3.8) is 0 Å². The summed E-state index contributed by atoms with van der Waals surface area (Å²) in [5.41, 5.74) is -0.0258. The maximum Gasteiger partial charge on any atom is 0.101 e. The van der Waals surface area contributed by atoms with Crippen LogP contribution >= 0.6 is 0 Å². The second-order valence-corrected chi connectivity index (χ2v) is 5.32. The Bertz CT molecular complexity index is 187. The lowest BCUT2D eigenvalue weighted by Gasteiger charge is -2.34. The van der Waals surface area contributed by atoms with E-state index >= 15 is 0 Å². The third-order valence-corrected chi connectivity index (χ3v) is 3.04. The first-order valence-corrected chi connectivity index (χ1v) is 6.20. The van der Waals surface area contributed by atoms with Crippen LogP contribution in [0.5, 0.6) is 0 Å². The topological polar surface area (TPSA) is 27.1 Å². The summed E-state index contributed by atoms with van der Waals surface area (Å²) in [6.07, 6.45) is 2.43. The molecule has 90 valence electrons. The van der Waals surface area contributed by atoms with Gasteiger partial charge in [-0.15, -0.1) is 0 Å². The first-order chi connectivity index (χ1) is 6.86. The molecule has 0 fully saturated rings. The van der Waals surface area contributed by atoms with Crippen LogP contribution in [-0.2, 0) is 0 Å². The average Bonchev–Trinajstić information content (AvgIpc) is 2.18. The van der Waals surface area contributed by atoms with E-state index in [2.05, 4.69) is 46.4 Å². The normalized spacial score (nSPS) is 11.9. The van der Waals surface area contributed by atoms with Gasteiger partial charge in [0.1, 0.15) is 5.84 Å². The van der Waals surface area contributed by atoms with E-state index in [1.54, 1.807) is 0 Å². The van der Waals surface area contributed by atoms with E-state index in [4.69, 9.17) is 5.41 Å². The summed E-state index contributed by atoms with van der Waals surface area (Å²) < 4.78 is 0. The smallest absolute Gasteiger partial charge is 0.101 e. The highest BCUT2D eigenvalue weighted by Crippen LogP contribution is 2.20. The van der Waals surface area contributed by atoms with Crippen LogP contribution in [-0.4, -0.2) is 23.8 Å². The van der Waals surface area contributed by atoms with Gasteiger partial charge in [-0.2, -0.15) is 0 Å². The highest BCUT2D eigenvalue weighted by Gasteiger charge is 2.23. The molecule has 0 atom stereocenters.